The minimum Gasteiger partial charge on any atom is -0.310 e. The van der Waals surface area contributed by atoms with Crippen LogP contribution < -0.4 is 4.90 Å². The van der Waals surface area contributed by atoms with Gasteiger partial charge in [-0.3, -0.25) is 0 Å². The fourth-order valence-electron chi connectivity index (χ4n) is 9.45. The van der Waals surface area contributed by atoms with Gasteiger partial charge >= 0.3 is 0 Å². The predicted molar refractivity (Wildman–Crippen MR) is 226 cm³/mol. The van der Waals surface area contributed by atoms with Gasteiger partial charge in [-0.05, 0) is 108 Å². The van der Waals surface area contributed by atoms with Gasteiger partial charge in [0.25, 0.3) is 0 Å². The van der Waals surface area contributed by atoms with Crippen molar-refractivity contribution in [3.63, 3.8) is 0 Å². The van der Waals surface area contributed by atoms with Crippen LogP contribution in [0.25, 0.3) is 55.3 Å². The number of hydrogen-bond acceptors (Lipinski definition) is 1. The van der Waals surface area contributed by atoms with Gasteiger partial charge in [-0.25, -0.2) is 0 Å². The highest BCUT2D eigenvalue weighted by molar-refractivity contribution is 6.02. The molecule has 2 aliphatic carbocycles. The smallest absolute Gasteiger partial charge is 0.0726 e. The molecule has 0 unspecified atom stereocenters. The molecule has 0 amide bonds. The molecule has 9 aromatic carbocycles. The summed E-state index contributed by atoms with van der Waals surface area (Å²) in [5, 5.41) is 2.50. The number of hydrogen-bond donors (Lipinski definition) is 0. The van der Waals surface area contributed by atoms with E-state index in [2.05, 4.69) is 217 Å². The first kappa shape index (κ1) is 30.6. The van der Waals surface area contributed by atoms with Gasteiger partial charge in [-0.15, -0.1) is 0 Å². The molecule has 1 heteroatoms. The SMILES string of the molecule is c1ccc(-c2ccc3c(-c4ccc(N(c5ccccc5)c5cccc6c5-c5ccccc5C65c6ccccc6-c6ccccc65)cc4)cccc3c2)cc1. The van der Waals surface area contributed by atoms with Crippen LogP contribution in [0.15, 0.2) is 212 Å². The summed E-state index contributed by atoms with van der Waals surface area (Å²) in [6, 6.07) is 78.1. The lowest BCUT2D eigenvalue weighted by Crippen LogP contribution is -2.26. The highest BCUT2D eigenvalue weighted by atomic mass is 15.1. The molecule has 0 fully saturated rings. The minimum absolute atomic E-state index is 0.393. The summed E-state index contributed by atoms with van der Waals surface area (Å²) >= 11 is 0. The molecule has 0 saturated heterocycles. The Labute approximate surface area is 316 Å². The molecule has 0 atom stereocenters. The maximum Gasteiger partial charge on any atom is 0.0726 e. The zero-order valence-corrected chi connectivity index (χ0v) is 29.7. The van der Waals surface area contributed by atoms with Crippen LogP contribution in [-0.2, 0) is 5.41 Å². The van der Waals surface area contributed by atoms with Crippen LogP contribution in [0.2, 0.25) is 0 Å². The fourth-order valence-corrected chi connectivity index (χ4v) is 9.45. The molecule has 11 rings (SSSR count). The third kappa shape index (κ3) is 4.39. The summed E-state index contributed by atoms with van der Waals surface area (Å²) in [5.41, 5.74) is 18.6. The molecular weight excluding hydrogens is 651 g/mol. The highest BCUT2D eigenvalue weighted by Crippen LogP contribution is 2.64. The fraction of sp³-hybridized carbons (Fsp3) is 0.0189. The highest BCUT2D eigenvalue weighted by Gasteiger charge is 2.52. The Morgan fingerprint density at radius 2 is 0.833 bits per heavy atom. The van der Waals surface area contributed by atoms with Gasteiger partial charge in [0.15, 0.2) is 0 Å². The minimum atomic E-state index is -0.393. The number of anilines is 3. The van der Waals surface area contributed by atoms with Crippen molar-refractivity contribution in [1.29, 1.82) is 0 Å². The monoisotopic (exact) mass is 685 g/mol. The molecule has 9 aromatic rings. The Hall–Kier alpha value is -6.96. The summed E-state index contributed by atoms with van der Waals surface area (Å²) in [7, 11) is 0. The van der Waals surface area contributed by atoms with Gasteiger partial charge in [0.05, 0.1) is 11.1 Å². The van der Waals surface area contributed by atoms with E-state index in [-0.39, 0.29) is 0 Å². The van der Waals surface area contributed by atoms with Crippen LogP contribution in [-0.4, -0.2) is 0 Å². The molecule has 0 saturated carbocycles. The summed E-state index contributed by atoms with van der Waals surface area (Å²) in [6.07, 6.45) is 0. The van der Waals surface area contributed by atoms with Crippen molar-refractivity contribution in [2.45, 2.75) is 5.41 Å². The van der Waals surface area contributed by atoms with E-state index in [9.17, 15) is 0 Å². The Morgan fingerprint density at radius 1 is 0.315 bits per heavy atom. The zero-order valence-electron chi connectivity index (χ0n) is 29.7. The van der Waals surface area contributed by atoms with Gasteiger partial charge in [0, 0.05) is 16.9 Å². The van der Waals surface area contributed by atoms with Crippen molar-refractivity contribution < 1.29 is 0 Å². The number of rotatable bonds is 5. The van der Waals surface area contributed by atoms with E-state index in [1.807, 2.05) is 0 Å². The van der Waals surface area contributed by atoms with Crippen LogP contribution in [0.5, 0.6) is 0 Å². The van der Waals surface area contributed by atoms with Crippen LogP contribution in [0.4, 0.5) is 17.1 Å². The third-order valence-corrected chi connectivity index (χ3v) is 11.7. The lowest BCUT2D eigenvalue weighted by atomic mass is 9.70. The van der Waals surface area contributed by atoms with E-state index in [4.69, 9.17) is 0 Å². The van der Waals surface area contributed by atoms with Crippen molar-refractivity contribution in [2.75, 3.05) is 4.90 Å². The molecule has 2 aliphatic rings. The van der Waals surface area contributed by atoms with E-state index in [0.29, 0.717) is 0 Å². The number of benzene rings is 9. The normalized spacial score (nSPS) is 13.0. The lowest BCUT2D eigenvalue weighted by Gasteiger charge is -2.31. The summed E-state index contributed by atoms with van der Waals surface area (Å²) in [6.45, 7) is 0. The van der Waals surface area contributed by atoms with E-state index >= 15 is 0 Å². The Kier molecular flexibility index (Phi) is 6.84. The number of nitrogens with zero attached hydrogens (tertiary/aromatic N) is 1. The third-order valence-electron chi connectivity index (χ3n) is 11.7. The average Bonchev–Trinajstić information content (AvgIpc) is 3.72. The van der Waals surface area contributed by atoms with Crippen molar-refractivity contribution >= 4 is 27.8 Å². The first-order chi connectivity index (χ1) is 26.8. The quantitative estimate of drug-likeness (QED) is 0.174. The van der Waals surface area contributed by atoms with E-state index in [1.54, 1.807) is 0 Å². The lowest BCUT2D eigenvalue weighted by molar-refractivity contribution is 0.794. The second kappa shape index (κ2) is 12.0. The van der Waals surface area contributed by atoms with Crippen LogP contribution in [0, 0.1) is 0 Å². The Morgan fingerprint density at radius 3 is 1.54 bits per heavy atom. The summed E-state index contributed by atoms with van der Waals surface area (Å²) in [5.74, 6) is 0. The maximum atomic E-state index is 2.44. The topological polar surface area (TPSA) is 3.24 Å². The van der Waals surface area contributed by atoms with E-state index < -0.39 is 5.41 Å². The van der Waals surface area contributed by atoms with Crippen molar-refractivity contribution in [2.24, 2.45) is 0 Å². The second-order valence-electron chi connectivity index (χ2n) is 14.4. The first-order valence-corrected chi connectivity index (χ1v) is 18.8. The van der Waals surface area contributed by atoms with Crippen LogP contribution in [0.3, 0.4) is 0 Å². The van der Waals surface area contributed by atoms with Crippen LogP contribution in [0.1, 0.15) is 22.3 Å². The van der Waals surface area contributed by atoms with Gasteiger partial charge in [-0.1, -0.05) is 176 Å². The predicted octanol–water partition coefficient (Wildman–Crippen LogP) is 14.0. The van der Waals surface area contributed by atoms with E-state index in [1.165, 1.54) is 83.2 Å². The van der Waals surface area contributed by atoms with Gasteiger partial charge < -0.3 is 4.90 Å². The van der Waals surface area contributed by atoms with Gasteiger partial charge in [0.1, 0.15) is 0 Å². The van der Waals surface area contributed by atoms with Gasteiger partial charge in [0.2, 0.25) is 0 Å². The number of fused-ring (bicyclic) bond motifs is 11. The molecule has 0 heterocycles. The summed E-state index contributed by atoms with van der Waals surface area (Å²) < 4.78 is 0. The Bertz CT molecular complexity index is 2820. The average molecular weight is 686 g/mol. The Balaban J connectivity index is 1.08. The molecule has 1 nitrogen and oxygen atoms in total. The molecule has 54 heavy (non-hydrogen) atoms. The summed E-state index contributed by atoms with van der Waals surface area (Å²) in [4.78, 5) is 2.44. The van der Waals surface area contributed by atoms with Crippen molar-refractivity contribution in [3.05, 3.63) is 235 Å². The molecule has 0 N–H and O–H groups in total. The zero-order chi connectivity index (χ0) is 35.6. The molecule has 0 aliphatic heterocycles. The van der Waals surface area contributed by atoms with Crippen molar-refractivity contribution in [1.82, 2.24) is 0 Å². The maximum absolute atomic E-state index is 2.44. The molecular formula is C53H35N. The van der Waals surface area contributed by atoms with E-state index in [0.717, 1.165) is 11.4 Å². The second-order valence-corrected chi connectivity index (χ2v) is 14.4. The molecule has 0 aromatic heterocycles. The molecule has 252 valence electrons. The first-order valence-electron chi connectivity index (χ1n) is 18.8. The largest absolute Gasteiger partial charge is 0.310 e. The molecule has 0 bridgehead atoms. The molecule has 1 spiro atoms. The molecule has 0 radical (unpaired) electrons. The van der Waals surface area contributed by atoms with Crippen LogP contribution >= 0.6 is 0 Å². The van der Waals surface area contributed by atoms with Crippen molar-refractivity contribution in [3.8, 4) is 44.5 Å². The standard InChI is InChI=1S/C53H35N/c1-3-15-36(16-4-1)38-31-34-43-39(35-38)17-13-23-42(43)37-29-32-41(33-30-37)54(40-18-5-2-6-19-40)51-28-14-27-50-52(51)46-22-9-12-26-49(46)53(50)47-24-10-7-20-44(47)45-21-8-11-25-48(45)53/h1-35H. The van der Waals surface area contributed by atoms with Gasteiger partial charge in [-0.2, -0.15) is 0 Å². The number of para-hydroxylation sites is 1.